The van der Waals surface area contributed by atoms with E-state index in [1.54, 1.807) is 6.26 Å². The zero-order valence-corrected chi connectivity index (χ0v) is 19.6. The largest absolute Gasteiger partial charge is 0.462 e. The van der Waals surface area contributed by atoms with E-state index < -0.39 is 5.60 Å². The summed E-state index contributed by atoms with van der Waals surface area (Å²) in [6.07, 6.45) is 11.1. The Balaban J connectivity index is 1.31. The molecule has 32 heavy (non-hydrogen) atoms. The summed E-state index contributed by atoms with van der Waals surface area (Å²) in [6.45, 7) is 6.32. The van der Waals surface area contributed by atoms with E-state index in [9.17, 15) is 14.7 Å². The quantitative estimate of drug-likeness (QED) is 0.668. The van der Waals surface area contributed by atoms with Gasteiger partial charge in [-0.2, -0.15) is 0 Å². The van der Waals surface area contributed by atoms with Crippen LogP contribution >= 0.6 is 0 Å². The van der Waals surface area contributed by atoms with Crippen LogP contribution in [0.4, 0.5) is 0 Å². The topological polar surface area (TPSA) is 76.7 Å². The van der Waals surface area contributed by atoms with Gasteiger partial charge in [0, 0.05) is 24.3 Å². The van der Waals surface area contributed by atoms with E-state index in [0.29, 0.717) is 23.2 Å². The van der Waals surface area contributed by atoms with E-state index in [1.807, 2.05) is 6.07 Å². The maximum Gasteiger partial charge on any atom is 0.335 e. The average Bonchev–Trinajstić information content (AvgIpc) is 3.42. The van der Waals surface area contributed by atoms with Gasteiger partial charge in [0.2, 0.25) is 0 Å². The molecule has 0 aromatic carbocycles. The van der Waals surface area contributed by atoms with Gasteiger partial charge >= 0.3 is 11.6 Å². The summed E-state index contributed by atoms with van der Waals surface area (Å²) in [5, 5.41) is 12.4. The molecule has 0 amide bonds. The third-order valence-corrected chi connectivity index (χ3v) is 11.5. The summed E-state index contributed by atoms with van der Waals surface area (Å²) in [6, 6.07) is 3.42. The molecule has 0 aliphatic heterocycles. The highest BCUT2D eigenvalue weighted by Crippen LogP contribution is 2.80. The van der Waals surface area contributed by atoms with Crippen molar-refractivity contribution in [2.75, 3.05) is 0 Å². The SMILES string of the molecule is CC(=O)O[C@H]1CC[C@]2(C)C3CC[C@]4(C)[C@@H](c5ccc(=O)oc5)CC[C@]4(O)C3CC[C@@]23C[C@@H]13. The fourth-order valence-corrected chi connectivity index (χ4v) is 9.83. The lowest BCUT2D eigenvalue weighted by atomic mass is 9.42. The van der Waals surface area contributed by atoms with Gasteiger partial charge in [0.1, 0.15) is 6.10 Å². The maximum atomic E-state index is 12.4. The first-order chi connectivity index (χ1) is 15.1. The highest BCUT2D eigenvalue weighted by molar-refractivity contribution is 5.66. The molecule has 1 aromatic heterocycles. The van der Waals surface area contributed by atoms with Crippen LogP contribution in [0.3, 0.4) is 0 Å². The van der Waals surface area contributed by atoms with Crippen molar-refractivity contribution in [3.8, 4) is 0 Å². The molecule has 9 atom stereocenters. The minimum atomic E-state index is -0.668. The van der Waals surface area contributed by atoms with Gasteiger partial charge in [0.15, 0.2) is 0 Å². The molecule has 0 bridgehead atoms. The second-order valence-electron chi connectivity index (χ2n) is 12.2. The highest BCUT2D eigenvalue weighted by atomic mass is 16.5. The lowest BCUT2D eigenvalue weighted by Gasteiger charge is -2.64. The molecule has 5 saturated carbocycles. The fraction of sp³-hybridized carbons (Fsp3) is 0.778. The van der Waals surface area contributed by atoms with E-state index in [4.69, 9.17) is 9.15 Å². The monoisotopic (exact) mass is 440 g/mol. The summed E-state index contributed by atoms with van der Waals surface area (Å²) >= 11 is 0. The second-order valence-corrected chi connectivity index (χ2v) is 12.2. The van der Waals surface area contributed by atoms with Crippen molar-refractivity contribution in [2.45, 2.75) is 96.2 Å². The van der Waals surface area contributed by atoms with Gasteiger partial charge in [-0.25, -0.2) is 4.79 Å². The molecule has 1 aromatic rings. The van der Waals surface area contributed by atoms with E-state index >= 15 is 0 Å². The van der Waals surface area contributed by atoms with Crippen LogP contribution in [0, 0.1) is 34.0 Å². The van der Waals surface area contributed by atoms with Crippen LogP contribution < -0.4 is 5.63 Å². The minimum absolute atomic E-state index is 0.0951. The Morgan fingerprint density at radius 1 is 1.00 bits per heavy atom. The van der Waals surface area contributed by atoms with Gasteiger partial charge in [-0.1, -0.05) is 13.8 Å². The standard InChI is InChI=1S/C27H36O5/c1-16(28)32-22-9-11-24(2)19-6-10-25(3)18(17-4-5-23(29)31-15-17)8-13-27(25,30)20(19)7-12-26(24)14-21(22)26/h4-5,15,18-22,30H,6-14H2,1-3H3/t18-,19?,20?,21+,22+,24-,25-,26+,27+/m1/s1. The number of aliphatic hydroxyl groups is 1. The van der Waals surface area contributed by atoms with Crippen molar-refractivity contribution in [2.24, 2.45) is 34.0 Å². The number of carbonyl (C=O) groups is 1. The number of fused-ring (bicyclic) bond motifs is 4. The molecule has 174 valence electrons. The Hall–Kier alpha value is -1.62. The number of ether oxygens (including phenoxy) is 1. The van der Waals surface area contributed by atoms with Gasteiger partial charge in [-0.15, -0.1) is 0 Å². The van der Waals surface area contributed by atoms with Crippen LogP contribution in [-0.4, -0.2) is 22.8 Å². The fourth-order valence-electron chi connectivity index (χ4n) is 9.83. The summed E-state index contributed by atoms with van der Waals surface area (Å²) in [7, 11) is 0. The molecule has 1 heterocycles. The molecule has 2 unspecified atom stereocenters. The molecular formula is C27H36O5. The Morgan fingerprint density at radius 3 is 2.47 bits per heavy atom. The molecule has 5 aliphatic carbocycles. The predicted octanol–water partition coefficient (Wildman–Crippen LogP) is 4.81. The highest BCUT2D eigenvalue weighted by Gasteiger charge is 2.76. The molecule has 5 heteroatoms. The van der Waals surface area contributed by atoms with Crippen molar-refractivity contribution in [3.63, 3.8) is 0 Å². The minimum Gasteiger partial charge on any atom is -0.462 e. The Kier molecular flexibility index (Phi) is 4.25. The summed E-state index contributed by atoms with van der Waals surface area (Å²) in [4.78, 5) is 23.1. The van der Waals surface area contributed by atoms with E-state index in [2.05, 4.69) is 13.8 Å². The van der Waals surface area contributed by atoms with E-state index in [-0.39, 0.29) is 34.4 Å². The normalized spacial score (nSPS) is 51.1. The van der Waals surface area contributed by atoms with Gasteiger partial charge in [-0.05, 0) is 98.0 Å². The van der Waals surface area contributed by atoms with Crippen LogP contribution in [0.25, 0.3) is 0 Å². The molecule has 5 aliphatic rings. The molecule has 0 saturated heterocycles. The van der Waals surface area contributed by atoms with Crippen molar-refractivity contribution in [1.82, 2.24) is 0 Å². The Bertz CT molecular complexity index is 995. The third kappa shape index (κ3) is 2.44. The number of hydrogen-bond acceptors (Lipinski definition) is 5. The van der Waals surface area contributed by atoms with Gasteiger partial charge < -0.3 is 14.3 Å². The van der Waals surface area contributed by atoms with Crippen molar-refractivity contribution in [3.05, 3.63) is 34.4 Å². The lowest BCUT2D eigenvalue weighted by molar-refractivity contribution is -0.211. The molecular weight excluding hydrogens is 404 g/mol. The van der Waals surface area contributed by atoms with Crippen molar-refractivity contribution < 1.29 is 19.1 Å². The van der Waals surface area contributed by atoms with E-state index in [0.717, 1.165) is 56.9 Å². The van der Waals surface area contributed by atoms with Crippen molar-refractivity contribution >= 4 is 5.97 Å². The Morgan fingerprint density at radius 2 is 1.75 bits per heavy atom. The van der Waals surface area contributed by atoms with Crippen LogP contribution in [0.15, 0.2) is 27.6 Å². The summed E-state index contributed by atoms with van der Waals surface area (Å²) in [5.41, 5.74) is 0.420. The number of carbonyl (C=O) groups excluding carboxylic acids is 1. The molecule has 5 fully saturated rings. The first kappa shape index (κ1) is 20.9. The zero-order valence-electron chi connectivity index (χ0n) is 19.6. The van der Waals surface area contributed by atoms with Crippen LogP contribution in [-0.2, 0) is 9.53 Å². The lowest BCUT2D eigenvalue weighted by Crippen LogP contribution is -2.62. The second kappa shape index (κ2) is 6.49. The number of esters is 1. The molecule has 6 rings (SSSR count). The number of hydrogen-bond donors (Lipinski definition) is 1. The van der Waals surface area contributed by atoms with Crippen molar-refractivity contribution in [1.29, 1.82) is 0 Å². The third-order valence-electron chi connectivity index (χ3n) is 11.5. The molecule has 0 radical (unpaired) electrons. The van der Waals surface area contributed by atoms with Gasteiger partial charge in [0.25, 0.3) is 0 Å². The van der Waals surface area contributed by atoms with Gasteiger partial charge in [-0.3, -0.25) is 4.79 Å². The molecule has 1 spiro atoms. The van der Waals surface area contributed by atoms with Crippen LogP contribution in [0.1, 0.15) is 90.0 Å². The summed E-state index contributed by atoms with van der Waals surface area (Å²) < 4.78 is 10.9. The first-order valence-electron chi connectivity index (χ1n) is 12.6. The van der Waals surface area contributed by atoms with Crippen LogP contribution in [0.5, 0.6) is 0 Å². The smallest absolute Gasteiger partial charge is 0.335 e. The predicted molar refractivity (Wildman–Crippen MR) is 119 cm³/mol. The van der Waals surface area contributed by atoms with E-state index in [1.165, 1.54) is 19.4 Å². The van der Waals surface area contributed by atoms with Gasteiger partial charge in [0.05, 0.1) is 11.9 Å². The molecule has 1 N–H and O–H groups in total. The number of rotatable bonds is 2. The average molecular weight is 441 g/mol. The zero-order chi connectivity index (χ0) is 22.5. The maximum absolute atomic E-state index is 12.4. The molecule has 5 nitrogen and oxygen atoms in total. The first-order valence-corrected chi connectivity index (χ1v) is 12.6. The van der Waals surface area contributed by atoms with Crippen LogP contribution in [0.2, 0.25) is 0 Å². The Labute approximate surface area is 189 Å². The summed E-state index contributed by atoms with van der Waals surface area (Å²) in [5.74, 6) is 1.45.